The van der Waals surface area contributed by atoms with E-state index in [1.165, 1.54) is 18.1 Å². The van der Waals surface area contributed by atoms with Gasteiger partial charge in [-0.1, -0.05) is 36.9 Å². The van der Waals surface area contributed by atoms with E-state index in [9.17, 15) is 4.79 Å². The minimum atomic E-state index is -0.240. The zero-order chi connectivity index (χ0) is 16.2. The summed E-state index contributed by atoms with van der Waals surface area (Å²) >= 11 is 1.42. The number of nitrogens with zero attached hydrogens (tertiary/aromatic N) is 3. The number of aryl methyl sites for hydroxylation is 1. The molecule has 0 aliphatic heterocycles. The number of anilines is 1. The number of amides is 1. The van der Waals surface area contributed by atoms with Crippen molar-refractivity contribution >= 4 is 34.5 Å². The molecule has 0 aliphatic rings. The van der Waals surface area contributed by atoms with Crippen LogP contribution in [0.1, 0.15) is 18.9 Å². The van der Waals surface area contributed by atoms with Crippen LogP contribution in [0.15, 0.2) is 41.9 Å². The van der Waals surface area contributed by atoms with E-state index in [4.69, 9.17) is 0 Å². The number of hydrogen-bond acceptors (Lipinski definition) is 5. The number of fused-ring (bicyclic) bond motifs is 1. The molecule has 0 spiro atoms. The molecule has 3 rings (SSSR count). The molecule has 1 unspecified atom stereocenters. The van der Waals surface area contributed by atoms with E-state index in [0.717, 1.165) is 21.8 Å². The Bertz CT molecular complexity index is 832. The quantitative estimate of drug-likeness (QED) is 0.555. The van der Waals surface area contributed by atoms with Gasteiger partial charge in [0, 0.05) is 5.69 Å². The van der Waals surface area contributed by atoms with E-state index in [1.807, 2.05) is 38.1 Å². The molecule has 2 heterocycles. The highest BCUT2D eigenvalue weighted by atomic mass is 32.2. The molecule has 118 valence electrons. The highest BCUT2D eigenvalue weighted by molar-refractivity contribution is 8.00. The van der Waals surface area contributed by atoms with Crippen LogP contribution < -0.4 is 5.32 Å². The molecule has 2 aromatic heterocycles. The standard InChI is InChI=1S/C16H17N5OS/c1-3-12(15(22)21-11-7-5-4-6-10(11)2)23-16-13-14(18-8-17-13)19-9-20-16/h4-9,12H,3H2,1-2H3,(H,21,22)(H,17,18,19,20). The molecule has 1 amide bonds. The zero-order valence-corrected chi connectivity index (χ0v) is 13.7. The molecular weight excluding hydrogens is 310 g/mol. The second kappa shape index (κ2) is 6.78. The molecule has 2 N–H and O–H groups in total. The van der Waals surface area contributed by atoms with Crippen molar-refractivity contribution in [1.82, 2.24) is 19.9 Å². The van der Waals surface area contributed by atoms with Gasteiger partial charge in [0.15, 0.2) is 5.65 Å². The molecule has 23 heavy (non-hydrogen) atoms. The molecule has 0 aliphatic carbocycles. The zero-order valence-electron chi connectivity index (χ0n) is 12.9. The van der Waals surface area contributed by atoms with E-state index in [-0.39, 0.29) is 11.2 Å². The topological polar surface area (TPSA) is 83.6 Å². The maximum absolute atomic E-state index is 12.6. The Labute approximate surface area is 138 Å². The van der Waals surface area contributed by atoms with Crippen molar-refractivity contribution in [2.45, 2.75) is 30.5 Å². The predicted molar refractivity (Wildman–Crippen MR) is 91.4 cm³/mol. The number of carbonyl (C=O) groups excluding carboxylic acids is 1. The second-order valence-electron chi connectivity index (χ2n) is 5.10. The fourth-order valence-electron chi connectivity index (χ4n) is 2.22. The Morgan fingerprint density at radius 1 is 1.30 bits per heavy atom. The molecule has 6 nitrogen and oxygen atoms in total. The number of H-pyrrole nitrogens is 1. The normalized spacial score (nSPS) is 12.3. The highest BCUT2D eigenvalue weighted by Crippen LogP contribution is 2.28. The Morgan fingerprint density at radius 2 is 2.13 bits per heavy atom. The van der Waals surface area contributed by atoms with Gasteiger partial charge in [-0.2, -0.15) is 0 Å². The first-order chi connectivity index (χ1) is 11.2. The maximum Gasteiger partial charge on any atom is 0.237 e. The number of benzene rings is 1. The molecule has 0 fully saturated rings. The summed E-state index contributed by atoms with van der Waals surface area (Å²) in [5.74, 6) is -0.0296. The minimum absolute atomic E-state index is 0.0296. The fraction of sp³-hybridized carbons (Fsp3) is 0.250. The van der Waals surface area contributed by atoms with Gasteiger partial charge < -0.3 is 10.3 Å². The average Bonchev–Trinajstić information content (AvgIpc) is 3.04. The van der Waals surface area contributed by atoms with Crippen molar-refractivity contribution in [3.8, 4) is 0 Å². The van der Waals surface area contributed by atoms with Crippen LogP contribution in [-0.2, 0) is 4.79 Å². The van der Waals surface area contributed by atoms with Crippen LogP contribution in [0.25, 0.3) is 11.2 Å². The first kappa shape index (κ1) is 15.5. The Hall–Kier alpha value is -2.41. The summed E-state index contributed by atoms with van der Waals surface area (Å²) in [6.07, 6.45) is 3.75. The SMILES string of the molecule is CCC(Sc1ncnc2nc[nH]c12)C(=O)Nc1ccccc1C. The van der Waals surface area contributed by atoms with Crippen molar-refractivity contribution in [3.63, 3.8) is 0 Å². The van der Waals surface area contributed by atoms with Crippen LogP contribution >= 0.6 is 11.8 Å². The number of nitrogens with one attached hydrogen (secondary N) is 2. The van der Waals surface area contributed by atoms with Gasteiger partial charge in [0.2, 0.25) is 5.91 Å². The highest BCUT2D eigenvalue weighted by Gasteiger charge is 2.21. The summed E-state index contributed by atoms with van der Waals surface area (Å²) in [6, 6.07) is 7.74. The lowest BCUT2D eigenvalue weighted by Crippen LogP contribution is -2.25. The number of aromatic amines is 1. The first-order valence-electron chi connectivity index (χ1n) is 7.36. The van der Waals surface area contributed by atoms with Crippen LogP contribution in [0.4, 0.5) is 5.69 Å². The Balaban J connectivity index is 1.78. The summed E-state index contributed by atoms with van der Waals surface area (Å²) in [6.45, 7) is 3.96. The molecular formula is C16H17N5OS. The summed E-state index contributed by atoms with van der Waals surface area (Å²) in [5, 5.41) is 3.49. The van der Waals surface area contributed by atoms with Crippen molar-refractivity contribution < 1.29 is 4.79 Å². The van der Waals surface area contributed by atoms with Gasteiger partial charge in [0.25, 0.3) is 0 Å². The van der Waals surface area contributed by atoms with Crippen LogP contribution in [-0.4, -0.2) is 31.1 Å². The third-order valence-corrected chi connectivity index (χ3v) is 4.87. The molecule has 1 aromatic carbocycles. The maximum atomic E-state index is 12.6. The van der Waals surface area contributed by atoms with Gasteiger partial charge in [0.05, 0.1) is 11.6 Å². The molecule has 0 bridgehead atoms. The second-order valence-corrected chi connectivity index (χ2v) is 6.29. The summed E-state index contributed by atoms with van der Waals surface area (Å²) in [5.41, 5.74) is 3.25. The molecule has 3 aromatic rings. The lowest BCUT2D eigenvalue weighted by molar-refractivity contribution is -0.115. The largest absolute Gasteiger partial charge is 0.341 e. The summed E-state index contributed by atoms with van der Waals surface area (Å²) in [4.78, 5) is 28.1. The lowest BCUT2D eigenvalue weighted by Gasteiger charge is -2.15. The van der Waals surface area contributed by atoms with Gasteiger partial charge >= 0.3 is 0 Å². The number of carbonyl (C=O) groups is 1. The third-order valence-electron chi connectivity index (χ3n) is 3.51. The van der Waals surface area contributed by atoms with E-state index in [0.29, 0.717) is 12.1 Å². The average molecular weight is 327 g/mol. The van der Waals surface area contributed by atoms with Crippen molar-refractivity contribution in [2.75, 3.05) is 5.32 Å². The van der Waals surface area contributed by atoms with E-state index in [1.54, 1.807) is 6.33 Å². The molecule has 0 saturated carbocycles. The molecule has 1 atom stereocenters. The number of para-hydroxylation sites is 1. The summed E-state index contributed by atoms with van der Waals surface area (Å²) in [7, 11) is 0. The van der Waals surface area contributed by atoms with Gasteiger partial charge in [-0.25, -0.2) is 15.0 Å². The van der Waals surface area contributed by atoms with Crippen LogP contribution in [0.5, 0.6) is 0 Å². The number of rotatable bonds is 5. The van der Waals surface area contributed by atoms with Crippen LogP contribution in [0, 0.1) is 6.92 Å². The van der Waals surface area contributed by atoms with Gasteiger partial charge in [0.1, 0.15) is 16.9 Å². The van der Waals surface area contributed by atoms with Crippen LogP contribution in [0.3, 0.4) is 0 Å². The lowest BCUT2D eigenvalue weighted by atomic mass is 10.2. The number of imidazole rings is 1. The monoisotopic (exact) mass is 327 g/mol. The van der Waals surface area contributed by atoms with E-state index < -0.39 is 0 Å². The number of thioether (sulfide) groups is 1. The molecule has 0 radical (unpaired) electrons. The molecule has 0 saturated heterocycles. The smallest absolute Gasteiger partial charge is 0.237 e. The number of hydrogen-bond donors (Lipinski definition) is 2. The molecule has 7 heteroatoms. The van der Waals surface area contributed by atoms with Crippen molar-refractivity contribution in [3.05, 3.63) is 42.5 Å². The van der Waals surface area contributed by atoms with Gasteiger partial charge in [-0.05, 0) is 25.0 Å². The van der Waals surface area contributed by atoms with E-state index in [2.05, 4.69) is 25.3 Å². The Morgan fingerprint density at radius 3 is 2.91 bits per heavy atom. The fourth-order valence-corrected chi connectivity index (χ4v) is 3.19. The first-order valence-corrected chi connectivity index (χ1v) is 8.24. The van der Waals surface area contributed by atoms with Crippen molar-refractivity contribution in [2.24, 2.45) is 0 Å². The minimum Gasteiger partial charge on any atom is -0.341 e. The van der Waals surface area contributed by atoms with Crippen molar-refractivity contribution in [1.29, 1.82) is 0 Å². The van der Waals surface area contributed by atoms with Gasteiger partial charge in [-0.3, -0.25) is 4.79 Å². The van der Waals surface area contributed by atoms with E-state index >= 15 is 0 Å². The number of aromatic nitrogens is 4. The Kier molecular flexibility index (Phi) is 4.57. The predicted octanol–water partition coefficient (Wildman–Crippen LogP) is 3.17. The summed E-state index contributed by atoms with van der Waals surface area (Å²) < 4.78 is 0. The van der Waals surface area contributed by atoms with Gasteiger partial charge in [-0.15, -0.1) is 0 Å². The van der Waals surface area contributed by atoms with Crippen LogP contribution in [0.2, 0.25) is 0 Å². The third kappa shape index (κ3) is 3.34.